The maximum atomic E-state index is 13.5. The first-order valence-electron chi connectivity index (χ1n) is 10.6. The fraction of sp³-hybridized carbons (Fsp3) is 0.333. The molecule has 0 aliphatic carbocycles. The number of ether oxygens (including phenoxy) is 1. The van der Waals surface area contributed by atoms with Gasteiger partial charge < -0.3 is 14.5 Å². The molecule has 30 heavy (non-hydrogen) atoms. The van der Waals surface area contributed by atoms with Gasteiger partial charge in [0.15, 0.2) is 0 Å². The molecule has 6 heteroatoms. The number of carbonyl (C=O) groups excluding carboxylic acids is 1. The zero-order chi connectivity index (χ0) is 20.9. The van der Waals surface area contributed by atoms with Gasteiger partial charge in [-0.25, -0.2) is 4.68 Å². The maximum absolute atomic E-state index is 13.5. The van der Waals surface area contributed by atoms with Gasteiger partial charge in [0.25, 0.3) is 5.91 Å². The van der Waals surface area contributed by atoms with E-state index in [1.165, 1.54) is 13.0 Å². The van der Waals surface area contributed by atoms with E-state index in [0.29, 0.717) is 11.3 Å². The van der Waals surface area contributed by atoms with Gasteiger partial charge in [0.1, 0.15) is 11.4 Å². The van der Waals surface area contributed by atoms with E-state index in [-0.39, 0.29) is 5.91 Å². The van der Waals surface area contributed by atoms with Gasteiger partial charge >= 0.3 is 0 Å². The number of rotatable bonds is 6. The van der Waals surface area contributed by atoms with E-state index in [0.717, 1.165) is 43.2 Å². The summed E-state index contributed by atoms with van der Waals surface area (Å²) in [7, 11) is 1.65. The Morgan fingerprint density at radius 1 is 1.07 bits per heavy atom. The Bertz CT molecular complexity index is 974. The third-order valence-corrected chi connectivity index (χ3v) is 5.69. The van der Waals surface area contributed by atoms with E-state index in [1.54, 1.807) is 16.7 Å². The minimum absolute atomic E-state index is 0.0542. The first-order valence-corrected chi connectivity index (χ1v) is 10.6. The number of amides is 1. The third kappa shape index (κ3) is 4.24. The SMILES string of the molecule is CCC[NH+]1CCN(C(=O)c2cn(-c3ccccc3)nc2-c2ccc(OC)cc2)CC1. The molecule has 1 amide bonds. The summed E-state index contributed by atoms with van der Waals surface area (Å²) < 4.78 is 7.08. The second kappa shape index (κ2) is 9.13. The van der Waals surface area contributed by atoms with Gasteiger partial charge in [0.05, 0.1) is 51.1 Å². The van der Waals surface area contributed by atoms with E-state index >= 15 is 0 Å². The molecule has 0 spiro atoms. The summed E-state index contributed by atoms with van der Waals surface area (Å²) in [6, 6.07) is 17.6. The van der Waals surface area contributed by atoms with Crippen LogP contribution in [0, 0.1) is 0 Å². The second-order valence-electron chi connectivity index (χ2n) is 7.69. The van der Waals surface area contributed by atoms with Gasteiger partial charge in [-0.05, 0) is 42.8 Å². The van der Waals surface area contributed by atoms with Crippen LogP contribution in [0.15, 0.2) is 60.8 Å². The van der Waals surface area contributed by atoms with Gasteiger partial charge in [-0.3, -0.25) is 4.79 Å². The number of nitrogens with zero attached hydrogens (tertiary/aromatic N) is 3. The zero-order valence-corrected chi connectivity index (χ0v) is 17.7. The molecule has 2 heterocycles. The summed E-state index contributed by atoms with van der Waals surface area (Å²) in [5, 5.41) is 4.79. The van der Waals surface area contributed by atoms with Crippen molar-refractivity contribution in [2.45, 2.75) is 13.3 Å². The molecule has 4 rings (SSSR count). The van der Waals surface area contributed by atoms with Crippen molar-refractivity contribution in [3.8, 4) is 22.7 Å². The lowest BCUT2D eigenvalue weighted by Gasteiger charge is -2.32. The first kappa shape index (κ1) is 20.2. The van der Waals surface area contributed by atoms with Crippen LogP contribution < -0.4 is 9.64 Å². The molecular weight excluding hydrogens is 376 g/mol. The minimum atomic E-state index is 0.0542. The summed E-state index contributed by atoms with van der Waals surface area (Å²) >= 11 is 0. The van der Waals surface area contributed by atoms with Crippen molar-refractivity contribution in [2.75, 3.05) is 39.8 Å². The van der Waals surface area contributed by atoms with Crippen LogP contribution in [-0.2, 0) is 0 Å². The van der Waals surface area contributed by atoms with Crippen LogP contribution in [0.4, 0.5) is 0 Å². The second-order valence-corrected chi connectivity index (χ2v) is 7.69. The zero-order valence-electron chi connectivity index (χ0n) is 17.7. The van der Waals surface area contributed by atoms with Crippen molar-refractivity contribution in [2.24, 2.45) is 0 Å². The average molecular weight is 406 g/mol. The van der Waals surface area contributed by atoms with Crippen molar-refractivity contribution >= 4 is 5.91 Å². The number of quaternary nitrogens is 1. The molecule has 0 radical (unpaired) electrons. The predicted octanol–water partition coefficient (Wildman–Crippen LogP) is 2.30. The van der Waals surface area contributed by atoms with Crippen LogP contribution in [0.2, 0.25) is 0 Å². The summed E-state index contributed by atoms with van der Waals surface area (Å²) in [4.78, 5) is 17.0. The van der Waals surface area contributed by atoms with Gasteiger partial charge in [-0.2, -0.15) is 5.10 Å². The van der Waals surface area contributed by atoms with Crippen molar-refractivity contribution in [3.63, 3.8) is 0 Å². The molecule has 0 saturated carbocycles. The highest BCUT2D eigenvalue weighted by atomic mass is 16.5. The largest absolute Gasteiger partial charge is 0.497 e. The maximum Gasteiger partial charge on any atom is 0.258 e. The molecule has 2 aromatic carbocycles. The summed E-state index contributed by atoms with van der Waals surface area (Å²) in [5.41, 5.74) is 3.19. The molecule has 0 atom stereocenters. The summed E-state index contributed by atoms with van der Waals surface area (Å²) in [5.74, 6) is 0.836. The summed E-state index contributed by atoms with van der Waals surface area (Å²) in [6.07, 6.45) is 3.04. The Morgan fingerprint density at radius 3 is 2.40 bits per heavy atom. The highest BCUT2D eigenvalue weighted by Crippen LogP contribution is 2.27. The van der Waals surface area contributed by atoms with Crippen LogP contribution in [0.3, 0.4) is 0 Å². The van der Waals surface area contributed by atoms with E-state index in [4.69, 9.17) is 9.84 Å². The Labute approximate surface area is 177 Å². The number of para-hydroxylation sites is 1. The Morgan fingerprint density at radius 2 is 1.77 bits per heavy atom. The lowest BCUT2D eigenvalue weighted by atomic mass is 10.1. The van der Waals surface area contributed by atoms with Crippen LogP contribution >= 0.6 is 0 Å². The molecule has 1 aliphatic rings. The van der Waals surface area contributed by atoms with E-state index in [2.05, 4.69) is 6.92 Å². The molecule has 1 N–H and O–H groups in total. The molecular formula is C24H29N4O2+. The van der Waals surface area contributed by atoms with E-state index in [9.17, 15) is 4.79 Å². The third-order valence-electron chi connectivity index (χ3n) is 5.69. The number of carbonyl (C=O) groups is 1. The van der Waals surface area contributed by atoms with Gasteiger partial charge in [0, 0.05) is 11.8 Å². The predicted molar refractivity (Wildman–Crippen MR) is 117 cm³/mol. The monoisotopic (exact) mass is 405 g/mol. The number of benzene rings is 2. The standard InChI is InChI=1S/C24H28N4O2/c1-3-13-26-14-16-27(17-15-26)24(29)22-18-28(20-7-5-4-6-8-20)25-23(22)19-9-11-21(30-2)12-10-19/h4-12,18H,3,13-17H2,1-2H3/p+1. The highest BCUT2D eigenvalue weighted by Gasteiger charge is 2.28. The quantitative estimate of drug-likeness (QED) is 0.685. The van der Waals surface area contributed by atoms with E-state index in [1.807, 2.05) is 65.7 Å². The number of hydrogen-bond acceptors (Lipinski definition) is 3. The van der Waals surface area contributed by atoms with Gasteiger partial charge in [-0.15, -0.1) is 0 Å². The highest BCUT2D eigenvalue weighted by molar-refractivity contribution is 6.00. The van der Waals surface area contributed by atoms with Crippen LogP contribution in [0.1, 0.15) is 23.7 Å². The smallest absolute Gasteiger partial charge is 0.258 e. The fourth-order valence-corrected chi connectivity index (χ4v) is 4.01. The number of methoxy groups -OCH3 is 1. The van der Waals surface area contributed by atoms with Gasteiger partial charge in [0.2, 0.25) is 0 Å². The Kier molecular flexibility index (Phi) is 6.14. The fourth-order valence-electron chi connectivity index (χ4n) is 4.01. The number of nitrogens with one attached hydrogen (secondary N) is 1. The molecule has 0 bridgehead atoms. The van der Waals surface area contributed by atoms with E-state index < -0.39 is 0 Å². The van der Waals surface area contributed by atoms with Crippen molar-refractivity contribution in [1.82, 2.24) is 14.7 Å². The first-order chi connectivity index (χ1) is 14.7. The van der Waals surface area contributed by atoms with Crippen LogP contribution in [0.5, 0.6) is 5.75 Å². The minimum Gasteiger partial charge on any atom is -0.497 e. The number of aromatic nitrogens is 2. The average Bonchev–Trinajstić information content (AvgIpc) is 3.25. The Balaban J connectivity index is 1.66. The van der Waals surface area contributed by atoms with Gasteiger partial charge in [-0.1, -0.05) is 25.1 Å². The molecule has 1 saturated heterocycles. The molecule has 3 aromatic rings. The molecule has 1 aromatic heterocycles. The normalized spacial score (nSPS) is 14.7. The molecule has 1 fully saturated rings. The lowest BCUT2D eigenvalue weighted by Crippen LogP contribution is -3.14. The summed E-state index contributed by atoms with van der Waals surface area (Å²) in [6.45, 7) is 6.96. The molecule has 1 aliphatic heterocycles. The topological polar surface area (TPSA) is 51.8 Å². The van der Waals surface area contributed by atoms with Crippen LogP contribution in [0.25, 0.3) is 16.9 Å². The Hall–Kier alpha value is -3.12. The molecule has 0 unspecified atom stereocenters. The van der Waals surface area contributed by atoms with Crippen molar-refractivity contribution in [1.29, 1.82) is 0 Å². The van der Waals surface area contributed by atoms with Crippen molar-refractivity contribution in [3.05, 3.63) is 66.4 Å². The van der Waals surface area contributed by atoms with Crippen LogP contribution in [-0.4, -0.2) is 60.4 Å². The number of hydrogen-bond donors (Lipinski definition) is 1. The lowest BCUT2D eigenvalue weighted by molar-refractivity contribution is -0.904. The molecule has 156 valence electrons. The number of piperazine rings is 1. The van der Waals surface area contributed by atoms with Crippen molar-refractivity contribution < 1.29 is 14.4 Å². The molecule has 6 nitrogen and oxygen atoms in total.